The fourth-order valence-electron chi connectivity index (χ4n) is 4.00. The monoisotopic (exact) mass is 420 g/mol. The number of nitrogens with zero attached hydrogens (tertiary/aromatic N) is 2. The number of amides is 1. The van der Waals surface area contributed by atoms with Crippen LogP contribution in [0.1, 0.15) is 10.4 Å². The third kappa shape index (κ3) is 5.02. The largest absolute Gasteiger partial charge is 0.395 e. The lowest BCUT2D eigenvalue weighted by molar-refractivity contribution is -0.112. The Kier molecular flexibility index (Phi) is 6.76. The van der Waals surface area contributed by atoms with Crippen LogP contribution in [0, 0.1) is 0 Å². The zero-order valence-electron chi connectivity index (χ0n) is 17.5. The number of aliphatic hydroxyl groups excluding tert-OH is 1. The van der Waals surface area contributed by atoms with Crippen molar-refractivity contribution < 1.29 is 14.7 Å². The molecule has 0 aromatic heterocycles. The Morgan fingerprint density at radius 2 is 1.65 bits per heavy atom. The van der Waals surface area contributed by atoms with Gasteiger partial charge < -0.3 is 15.7 Å². The summed E-state index contributed by atoms with van der Waals surface area (Å²) in [6, 6.07) is 15.4. The number of fused-ring (bicyclic) bond motifs is 1. The Labute approximate surface area is 182 Å². The average Bonchev–Trinajstić information content (AvgIpc) is 2.80. The first kappa shape index (κ1) is 21.2. The average molecular weight is 421 g/mol. The number of piperazine rings is 1. The van der Waals surface area contributed by atoms with Gasteiger partial charge in [-0.15, -0.1) is 0 Å². The molecule has 3 N–H and O–H groups in total. The van der Waals surface area contributed by atoms with Crippen molar-refractivity contribution in [2.45, 2.75) is 0 Å². The summed E-state index contributed by atoms with van der Waals surface area (Å²) in [6.07, 6.45) is 1.54. The molecule has 2 heterocycles. The Bertz CT molecular complexity index is 966. The van der Waals surface area contributed by atoms with Gasteiger partial charge in [0.25, 0.3) is 5.91 Å². The lowest BCUT2D eigenvalue weighted by Gasteiger charge is -2.34. The van der Waals surface area contributed by atoms with Gasteiger partial charge in [-0.3, -0.25) is 19.4 Å². The number of carbonyl (C=O) groups excluding carboxylic acids is 2. The Morgan fingerprint density at radius 3 is 2.35 bits per heavy atom. The Hall–Kier alpha value is -3.00. The first-order valence-corrected chi connectivity index (χ1v) is 10.7. The molecular weight excluding hydrogens is 392 g/mol. The molecule has 0 spiro atoms. The van der Waals surface area contributed by atoms with Gasteiger partial charge in [0.05, 0.1) is 12.3 Å². The summed E-state index contributed by atoms with van der Waals surface area (Å²) in [6.45, 7) is 6.21. The highest BCUT2D eigenvalue weighted by molar-refractivity contribution is 6.34. The van der Waals surface area contributed by atoms with E-state index in [1.165, 1.54) is 6.20 Å². The molecule has 4 rings (SSSR count). The Morgan fingerprint density at radius 1 is 0.935 bits per heavy atom. The van der Waals surface area contributed by atoms with E-state index in [-0.39, 0.29) is 23.9 Å². The van der Waals surface area contributed by atoms with E-state index in [2.05, 4.69) is 20.4 Å². The fourth-order valence-corrected chi connectivity index (χ4v) is 4.00. The first-order chi connectivity index (χ1) is 15.2. The van der Waals surface area contributed by atoms with Gasteiger partial charge in [0, 0.05) is 57.6 Å². The minimum Gasteiger partial charge on any atom is -0.395 e. The van der Waals surface area contributed by atoms with Gasteiger partial charge in [-0.1, -0.05) is 36.4 Å². The summed E-state index contributed by atoms with van der Waals surface area (Å²) in [5.74, 6) is -0.642. The molecule has 31 heavy (non-hydrogen) atoms. The SMILES string of the molecule is O=C1Nc2ccc(-c3ccccc3)cc2C(=O)/C1=C/NCCN1CCN(CCO)CC1. The number of hydrogen-bond acceptors (Lipinski definition) is 6. The van der Waals surface area contributed by atoms with E-state index >= 15 is 0 Å². The first-order valence-electron chi connectivity index (χ1n) is 10.7. The van der Waals surface area contributed by atoms with E-state index in [9.17, 15) is 9.59 Å². The molecule has 7 heteroatoms. The molecule has 2 aromatic carbocycles. The molecule has 0 atom stereocenters. The minimum absolute atomic E-state index is 0.130. The number of aliphatic hydroxyl groups is 1. The van der Waals surface area contributed by atoms with E-state index in [0.717, 1.165) is 50.4 Å². The molecule has 1 saturated heterocycles. The van der Waals surface area contributed by atoms with Gasteiger partial charge in [-0.2, -0.15) is 0 Å². The van der Waals surface area contributed by atoms with Crippen molar-refractivity contribution in [3.63, 3.8) is 0 Å². The van der Waals surface area contributed by atoms with Crippen LogP contribution in [0.5, 0.6) is 0 Å². The number of anilines is 1. The molecule has 1 fully saturated rings. The van der Waals surface area contributed by atoms with Crippen LogP contribution < -0.4 is 10.6 Å². The zero-order valence-corrected chi connectivity index (χ0v) is 17.5. The molecule has 7 nitrogen and oxygen atoms in total. The van der Waals surface area contributed by atoms with Crippen LogP contribution in [0.2, 0.25) is 0 Å². The van der Waals surface area contributed by atoms with Gasteiger partial charge in [0.1, 0.15) is 5.57 Å². The normalized spacial score (nSPS) is 18.7. The Balaban J connectivity index is 1.37. The quantitative estimate of drug-likeness (QED) is 0.358. The van der Waals surface area contributed by atoms with E-state index in [1.807, 2.05) is 42.5 Å². The fraction of sp³-hybridized carbons (Fsp3) is 0.333. The summed E-state index contributed by atoms with van der Waals surface area (Å²) >= 11 is 0. The standard InChI is InChI=1S/C24H28N4O3/c29-15-14-28-12-10-27(11-13-28)9-8-25-17-21-23(30)20-16-19(18-4-2-1-3-5-18)6-7-22(20)26-24(21)31/h1-7,16-17,25,29H,8-15H2,(H,26,31)/b21-17-. The van der Waals surface area contributed by atoms with E-state index in [1.54, 1.807) is 6.07 Å². The zero-order chi connectivity index (χ0) is 21.6. The molecule has 0 unspecified atom stereocenters. The van der Waals surface area contributed by atoms with Gasteiger partial charge in [0.15, 0.2) is 0 Å². The number of β-amino-alcohol motifs (C(OH)–C–C–N with tert-alkyl or cyclic N) is 1. The number of nitrogens with one attached hydrogen (secondary N) is 2. The molecular formula is C24H28N4O3. The second kappa shape index (κ2) is 9.87. The maximum absolute atomic E-state index is 13.0. The van der Waals surface area contributed by atoms with Crippen molar-refractivity contribution in [2.24, 2.45) is 0 Å². The molecule has 2 aromatic rings. The van der Waals surface area contributed by atoms with Crippen molar-refractivity contribution in [3.8, 4) is 11.1 Å². The number of hydrogen-bond donors (Lipinski definition) is 3. The second-order valence-electron chi connectivity index (χ2n) is 7.83. The van der Waals surface area contributed by atoms with Crippen molar-refractivity contribution in [2.75, 3.05) is 57.7 Å². The minimum atomic E-state index is -0.380. The molecule has 0 aliphatic carbocycles. The lowest BCUT2D eigenvalue weighted by Crippen LogP contribution is -2.48. The van der Waals surface area contributed by atoms with E-state index in [0.29, 0.717) is 17.8 Å². The summed E-state index contributed by atoms with van der Waals surface area (Å²) in [5.41, 5.74) is 3.15. The van der Waals surface area contributed by atoms with Crippen LogP contribution >= 0.6 is 0 Å². The topological polar surface area (TPSA) is 84.9 Å². The van der Waals surface area contributed by atoms with Crippen molar-refractivity contribution in [3.05, 3.63) is 65.9 Å². The van der Waals surface area contributed by atoms with E-state index < -0.39 is 0 Å². The number of ketones is 1. The number of rotatable bonds is 7. The lowest BCUT2D eigenvalue weighted by atomic mass is 9.93. The molecule has 1 amide bonds. The second-order valence-corrected chi connectivity index (χ2v) is 7.83. The summed E-state index contributed by atoms with van der Waals surface area (Å²) in [7, 11) is 0. The van der Waals surface area contributed by atoms with Crippen LogP contribution in [0.4, 0.5) is 5.69 Å². The van der Waals surface area contributed by atoms with Gasteiger partial charge >= 0.3 is 0 Å². The van der Waals surface area contributed by atoms with Crippen LogP contribution in [-0.2, 0) is 4.79 Å². The highest BCUT2D eigenvalue weighted by atomic mass is 16.3. The predicted molar refractivity (Wildman–Crippen MR) is 121 cm³/mol. The molecule has 162 valence electrons. The third-order valence-corrected chi connectivity index (χ3v) is 5.81. The molecule has 0 saturated carbocycles. The summed E-state index contributed by atoms with van der Waals surface area (Å²) in [4.78, 5) is 30.0. The molecule has 0 radical (unpaired) electrons. The van der Waals surface area contributed by atoms with Crippen molar-refractivity contribution in [1.29, 1.82) is 0 Å². The van der Waals surface area contributed by atoms with Crippen LogP contribution in [0.15, 0.2) is 60.3 Å². The molecule has 2 aliphatic heterocycles. The smallest absolute Gasteiger partial charge is 0.261 e. The van der Waals surface area contributed by atoms with Crippen molar-refractivity contribution in [1.82, 2.24) is 15.1 Å². The number of benzene rings is 2. The maximum Gasteiger partial charge on any atom is 0.261 e. The summed E-state index contributed by atoms with van der Waals surface area (Å²) < 4.78 is 0. The predicted octanol–water partition coefficient (Wildman–Crippen LogP) is 1.57. The number of carbonyl (C=O) groups is 2. The third-order valence-electron chi connectivity index (χ3n) is 5.81. The highest BCUT2D eigenvalue weighted by Gasteiger charge is 2.28. The molecule has 0 bridgehead atoms. The highest BCUT2D eigenvalue weighted by Crippen LogP contribution is 2.30. The molecule has 2 aliphatic rings. The number of Topliss-reactive ketones (excluding diaryl/α,β-unsaturated/α-hetero) is 1. The van der Waals surface area contributed by atoms with Gasteiger partial charge in [-0.05, 0) is 23.3 Å². The van der Waals surface area contributed by atoms with Gasteiger partial charge in [-0.25, -0.2) is 0 Å². The van der Waals surface area contributed by atoms with Crippen LogP contribution in [-0.4, -0.2) is 79.0 Å². The van der Waals surface area contributed by atoms with E-state index in [4.69, 9.17) is 5.11 Å². The summed E-state index contributed by atoms with van der Waals surface area (Å²) in [5, 5.41) is 15.0. The van der Waals surface area contributed by atoms with Crippen molar-refractivity contribution >= 4 is 17.4 Å². The van der Waals surface area contributed by atoms with Crippen LogP contribution in [0.3, 0.4) is 0 Å². The maximum atomic E-state index is 13.0. The van der Waals surface area contributed by atoms with Gasteiger partial charge in [0.2, 0.25) is 5.78 Å². The van der Waals surface area contributed by atoms with Crippen LogP contribution in [0.25, 0.3) is 11.1 Å².